The minimum atomic E-state index is -0.624. The number of hydrogen-bond donors (Lipinski definition) is 0. The third-order valence-corrected chi connectivity index (χ3v) is 7.23. The van der Waals surface area contributed by atoms with Gasteiger partial charge in [0.25, 0.3) is 0 Å². The zero-order valence-corrected chi connectivity index (χ0v) is 29.5. The SMILES string of the molecule is C=C(C)C(=O)OCC(COC(=O)C(=C)C)COc1ccc2cc(/C=C/C(=O)Oc3ccc(OC(=O)c4ccc(OC(=O)C(=C)C)cc4)cc3)ccc2c1. The summed E-state index contributed by atoms with van der Waals surface area (Å²) >= 11 is 0. The molecule has 11 heteroatoms. The summed E-state index contributed by atoms with van der Waals surface area (Å²) in [6.07, 6.45) is 2.92. The first-order valence-corrected chi connectivity index (χ1v) is 16.3. The third-order valence-electron chi connectivity index (χ3n) is 7.23. The molecule has 4 rings (SSSR count). The van der Waals surface area contributed by atoms with Gasteiger partial charge in [0.05, 0.1) is 18.1 Å². The van der Waals surface area contributed by atoms with Crippen molar-refractivity contribution >= 4 is 46.7 Å². The summed E-state index contributed by atoms with van der Waals surface area (Å²) in [5, 5.41) is 1.77. The van der Waals surface area contributed by atoms with Crippen LogP contribution in [0.3, 0.4) is 0 Å². The van der Waals surface area contributed by atoms with E-state index in [-0.39, 0.29) is 59.4 Å². The van der Waals surface area contributed by atoms with Crippen molar-refractivity contribution in [1.82, 2.24) is 0 Å². The van der Waals surface area contributed by atoms with Crippen molar-refractivity contribution in [3.63, 3.8) is 0 Å². The Labute approximate surface area is 306 Å². The van der Waals surface area contributed by atoms with Gasteiger partial charge in [0.2, 0.25) is 0 Å². The van der Waals surface area contributed by atoms with Crippen molar-refractivity contribution in [3.8, 4) is 23.0 Å². The molecule has 0 aliphatic heterocycles. The van der Waals surface area contributed by atoms with Crippen molar-refractivity contribution in [1.29, 1.82) is 0 Å². The maximum atomic E-state index is 12.5. The zero-order chi connectivity index (χ0) is 38.5. The highest BCUT2D eigenvalue weighted by molar-refractivity contribution is 5.93. The molecule has 0 radical (unpaired) electrons. The van der Waals surface area contributed by atoms with Crippen LogP contribution in [0.5, 0.6) is 23.0 Å². The monoisotopic (exact) mass is 718 g/mol. The van der Waals surface area contributed by atoms with Gasteiger partial charge < -0.3 is 28.4 Å². The number of carbonyl (C=O) groups excluding carboxylic acids is 5. The summed E-state index contributed by atoms with van der Waals surface area (Å²) in [5.74, 6) is -2.02. The second-order valence-corrected chi connectivity index (χ2v) is 12.0. The molecule has 0 unspecified atom stereocenters. The van der Waals surface area contributed by atoms with Crippen molar-refractivity contribution < 1.29 is 52.4 Å². The molecule has 53 heavy (non-hydrogen) atoms. The molecule has 0 atom stereocenters. The third kappa shape index (κ3) is 12.2. The minimum Gasteiger partial charge on any atom is -0.493 e. The largest absolute Gasteiger partial charge is 0.493 e. The Morgan fingerprint density at radius 2 is 1.06 bits per heavy atom. The van der Waals surface area contributed by atoms with Gasteiger partial charge in [-0.25, -0.2) is 24.0 Å². The van der Waals surface area contributed by atoms with Crippen LogP contribution in [-0.4, -0.2) is 49.7 Å². The molecule has 0 N–H and O–H groups in total. The summed E-state index contributed by atoms with van der Waals surface area (Å²) in [5.41, 5.74) is 1.76. The van der Waals surface area contributed by atoms with Gasteiger partial charge in [-0.3, -0.25) is 0 Å². The lowest BCUT2D eigenvalue weighted by Gasteiger charge is -2.18. The number of hydrogen-bond acceptors (Lipinski definition) is 11. The lowest BCUT2D eigenvalue weighted by atomic mass is 10.1. The summed E-state index contributed by atoms with van der Waals surface area (Å²) in [7, 11) is 0. The van der Waals surface area contributed by atoms with Gasteiger partial charge in [-0.2, -0.15) is 0 Å². The first-order chi connectivity index (χ1) is 25.3. The second kappa shape index (κ2) is 18.5. The van der Waals surface area contributed by atoms with Crippen LogP contribution in [0.25, 0.3) is 16.8 Å². The lowest BCUT2D eigenvalue weighted by Crippen LogP contribution is -2.26. The number of carbonyl (C=O) groups is 5. The van der Waals surface area contributed by atoms with Gasteiger partial charge in [0.1, 0.15) is 36.2 Å². The number of rotatable bonds is 16. The van der Waals surface area contributed by atoms with Crippen LogP contribution >= 0.6 is 0 Å². The van der Waals surface area contributed by atoms with E-state index in [9.17, 15) is 24.0 Å². The topological polar surface area (TPSA) is 141 Å². The molecule has 0 amide bonds. The Morgan fingerprint density at radius 1 is 0.566 bits per heavy atom. The van der Waals surface area contributed by atoms with E-state index in [0.29, 0.717) is 5.75 Å². The summed E-state index contributed by atoms with van der Waals surface area (Å²) in [4.78, 5) is 60.5. The predicted molar refractivity (Wildman–Crippen MR) is 197 cm³/mol. The van der Waals surface area contributed by atoms with E-state index < -0.39 is 35.8 Å². The van der Waals surface area contributed by atoms with Gasteiger partial charge in [0, 0.05) is 22.8 Å². The maximum absolute atomic E-state index is 12.5. The minimum absolute atomic E-state index is 0.0307. The van der Waals surface area contributed by atoms with Crippen molar-refractivity contribution in [2.45, 2.75) is 20.8 Å². The van der Waals surface area contributed by atoms with E-state index in [1.165, 1.54) is 61.5 Å². The molecule has 0 heterocycles. The lowest BCUT2D eigenvalue weighted by molar-refractivity contribution is -0.145. The average Bonchev–Trinajstić information content (AvgIpc) is 3.14. The van der Waals surface area contributed by atoms with Gasteiger partial charge in [-0.15, -0.1) is 0 Å². The molecule has 0 bridgehead atoms. The quantitative estimate of drug-likeness (QED) is 0.0650. The summed E-state index contributed by atoms with van der Waals surface area (Å²) in [6.45, 7) is 15.3. The van der Waals surface area contributed by atoms with E-state index in [1.807, 2.05) is 30.3 Å². The average molecular weight is 719 g/mol. The molecule has 0 fully saturated rings. The van der Waals surface area contributed by atoms with Gasteiger partial charge in [-0.1, -0.05) is 37.9 Å². The van der Waals surface area contributed by atoms with Crippen LogP contribution in [0.1, 0.15) is 36.7 Å². The zero-order valence-electron chi connectivity index (χ0n) is 29.5. The Balaban J connectivity index is 1.29. The Bertz CT molecular complexity index is 2040. The van der Waals surface area contributed by atoms with Crippen LogP contribution in [0.15, 0.2) is 127 Å². The van der Waals surface area contributed by atoms with E-state index in [0.717, 1.165) is 16.3 Å². The first-order valence-electron chi connectivity index (χ1n) is 16.3. The number of benzene rings is 4. The molecule has 0 saturated carbocycles. The maximum Gasteiger partial charge on any atom is 0.343 e. The predicted octanol–water partition coefficient (Wildman–Crippen LogP) is 7.39. The number of esters is 5. The van der Waals surface area contributed by atoms with E-state index in [2.05, 4.69) is 19.7 Å². The van der Waals surface area contributed by atoms with Gasteiger partial charge >= 0.3 is 29.8 Å². The highest BCUT2D eigenvalue weighted by Crippen LogP contribution is 2.24. The molecule has 0 aliphatic rings. The molecule has 0 aromatic heterocycles. The summed E-state index contributed by atoms with van der Waals surface area (Å²) in [6, 6.07) is 22.9. The van der Waals surface area contributed by atoms with E-state index in [1.54, 1.807) is 26.0 Å². The van der Waals surface area contributed by atoms with Crippen LogP contribution in [0, 0.1) is 5.92 Å². The fourth-order valence-electron chi connectivity index (χ4n) is 4.34. The van der Waals surface area contributed by atoms with E-state index in [4.69, 9.17) is 28.4 Å². The van der Waals surface area contributed by atoms with Crippen molar-refractivity contribution in [3.05, 3.63) is 139 Å². The van der Waals surface area contributed by atoms with Crippen LogP contribution in [0.4, 0.5) is 0 Å². The van der Waals surface area contributed by atoms with Gasteiger partial charge in [-0.05, 0) is 110 Å². The van der Waals surface area contributed by atoms with Crippen LogP contribution < -0.4 is 18.9 Å². The molecule has 272 valence electrons. The normalized spacial score (nSPS) is 10.7. The molecule has 11 nitrogen and oxygen atoms in total. The fraction of sp³-hybridized carbons (Fsp3) is 0.167. The summed E-state index contributed by atoms with van der Waals surface area (Å²) < 4.78 is 32.3. The fourth-order valence-corrected chi connectivity index (χ4v) is 4.34. The smallest absolute Gasteiger partial charge is 0.343 e. The molecular formula is C42H38O11. The molecular weight excluding hydrogens is 680 g/mol. The van der Waals surface area contributed by atoms with Crippen molar-refractivity contribution in [2.24, 2.45) is 5.92 Å². The Morgan fingerprint density at radius 3 is 1.64 bits per heavy atom. The molecule has 0 saturated heterocycles. The number of ether oxygens (including phenoxy) is 6. The molecule has 4 aromatic rings. The Hall–Kier alpha value is -6.75. The van der Waals surface area contributed by atoms with Crippen LogP contribution in [0.2, 0.25) is 0 Å². The van der Waals surface area contributed by atoms with Crippen molar-refractivity contribution in [2.75, 3.05) is 19.8 Å². The highest BCUT2D eigenvalue weighted by atomic mass is 16.6. The first kappa shape index (κ1) is 39.0. The standard InChI is InChI=1S/C42H38O11/c1-26(2)39(44)49-24-30(25-50-40(45)27(3)4)23-48-37-15-12-32-21-29(7-9-33(32)22-37)8-20-38(43)51-34-16-18-36(19-17-34)53-42(47)31-10-13-35(14-11-31)52-41(46)28(5)6/h7-22,30H,1,3,5,23-25H2,2,4,6H3/b20-8+. The van der Waals surface area contributed by atoms with Gasteiger partial charge in [0.15, 0.2) is 0 Å². The molecule has 4 aromatic carbocycles. The number of fused-ring (bicyclic) bond motifs is 1. The molecule has 0 spiro atoms. The van der Waals surface area contributed by atoms with Crippen LogP contribution in [-0.2, 0) is 28.7 Å². The van der Waals surface area contributed by atoms with E-state index >= 15 is 0 Å². The second-order valence-electron chi connectivity index (χ2n) is 12.0. The molecule has 0 aliphatic carbocycles. The Kier molecular flexibility index (Phi) is 13.6. The highest BCUT2D eigenvalue weighted by Gasteiger charge is 2.17.